The molecule has 1 aliphatic heterocycles. The molecule has 2 heterocycles. The number of hydrogen-bond donors (Lipinski definition) is 1. The second kappa shape index (κ2) is 8.56. The summed E-state index contributed by atoms with van der Waals surface area (Å²) < 4.78 is 0. The van der Waals surface area contributed by atoms with Gasteiger partial charge >= 0.3 is 0 Å². The molecular formula is C22H22N4O. The van der Waals surface area contributed by atoms with Crippen molar-refractivity contribution in [1.29, 1.82) is 5.26 Å². The van der Waals surface area contributed by atoms with Crippen LogP contribution in [-0.2, 0) is 6.54 Å². The van der Waals surface area contributed by atoms with Gasteiger partial charge in [-0.05, 0) is 35.2 Å². The van der Waals surface area contributed by atoms with Crippen molar-refractivity contribution in [2.75, 3.05) is 6.54 Å². The fourth-order valence-corrected chi connectivity index (χ4v) is 3.40. The number of pyridine rings is 1. The Bertz CT molecular complexity index is 936. The Morgan fingerprint density at radius 1 is 1.04 bits per heavy atom. The average Bonchev–Trinajstić information content (AvgIpc) is 3.17. The van der Waals surface area contributed by atoms with Crippen LogP contribution in [0.5, 0.6) is 0 Å². The van der Waals surface area contributed by atoms with Crippen LogP contribution in [0, 0.1) is 11.3 Å². The van der Waals surface area contributed by atoms with E-state index in [4.69, 9.17) is 5.26 Å². The van der Waals surface area contributed by atoms with Crippen molar-refractivity contribution < 1.29 is 5.48 Å². The van der Waals surface area contributed by atoms with Crippen molar-refractivity contribution >= 4 is 0 Å². The van der Waals surface area contributed by atoms with Gasteiger partial charge in [-0.1, -0.05) is 48.5 Å². The third kappa shape index (κ3) is 4.39. The van der Waals surface area contributed by atoms with Crippen molar-refractivity contribution in [2.24, 2.45) is 0 Å². The molecular weight excluding hydrogens is 336 g/mol. The molecule has 5 nitrogen and oxygen atoms in total. The van der Waals surface area contributed by atoms with Gasteiger partial charge in [0.2, 0.25) is 0 Å². The van der Waals surface area contributed by atoms with Crippen LogP contribution in [0.2, 0.25) is 0 Å². The highest BCUT2D eigenvalue weighted by molar-refractivity contribution is 5.64. The second-order valence-electron chi connectivity index (χ2n) is 6.58. The molecule has 3 aromatic rings. The van der Waals surface area contributed by atoms with E-state index in [0.717, 1.165) is 30.6 Å². The van der Waals surface area contributed by atoms with E-state index in [9.17, 15) is 0 Å². The first-order valence-electron chi connectivity index (χ1n) is 8.82. The number of nitriles is 1. The van der Waals surface area contributed by atoms with Crippen LogP contribution in [0.15, 0.2) is 73.1 Å². The van der Waals surface area contributed by atoms with E-state index >= 15 is 0 Å². The van der Waals surface area contributed by atoms with Gasteiger partial charge in [0.15, 0.2) is 0 Å². The summed E-state index contributed by atoms with van der Waals surface area (Å²) in [5, 5.41) is 11.4. The van der Waals surface area contributed by atoms with Gasteiger partial charge in [0, 0.05) is 37.1 Å². The van der Waals surface area contributed by atoms with Gasteiger partial charge in [0.05, 0.1) is 5.56 Å². The maximum Gasteiger partial charge on any atom is 0.101 e. The van der Waals surface area contributed by atoms with E-state index < -0.39 is 0 Å². The maximum absolute atomic E-state index is 9.08. The van der Waals surface area contributed by atoms with E-state index in [0.29, 0.717) is 11.6 Å². The van der Waals surface area contributed by atoms with Gasteiger partial charge in [0.1, 0.15) is 6.07 Å². The Kier molecular flexibility index (Phi) is 5.94. The molecule has 0 spiro atoms. The normalized spacial score (nSPS) is 16.5. The molecule has 136 valence electrons. The zero-order chi connectivity index (χ0) is 17.8. The summed E-state index contributed by atoms with van der Waals surface area (Å²) in [6.07, 6.45) is 4.48. The SMILES string of the molecule is N#Cc1cncc(-c2cccc(C3CCN(Cc4ccccc4)N3)c2)c1.O. The van der Waals surface area contributed by atoms with Crippen LogP contribution >= 0.6 is 0 Å². The largest absolute Gasteiger partial charge is 0.412 e. The molecule has 0 bridgehead atoms. The molecule has 1 saturated heterocycles. The van der Waals surface area contributed by atoms with Crippen molar-refractivity contribution in [2.45, 2.75) is 19.0 Å². The van der Waals surface area contributed by atoms with Gasteiger partial charge in [0.25, 0.3) is 0 Å². The van der Waals surface area contributed by atoms with Crippen LogP contribution in [0.25, 0.3) is 11.1 Å². The highest BCUT2D eigenvalue weighted by atomic mass is 16.0. The van der Waals surface area contributed by atoms with E-state index in [2.05, 4.69) is 70.0 Å². The number of nitrogens with zero attached hydrogens (tertiary/aromatic N) is 3. The summed E-state index contributed by atoms with van der Waals surface area (Å²) in [6.45, 7) is 1.93. The lowest BCUT2D eigenvalue weighted by molar-refractivity contribution is 0.227. The Labute approximate surface area is 159 Å². The molecule has 0 radical (unpaired) electrons. The molecule has 1 fully saturated rings. The van der Waals surface area contributed by atoms with Crippen LogP contribution in [0.4, 0.5) is 0 Å². The topological polar surface area (TPSA) is 83.5 Å². The summed E-state index contributed by atoms with van der Waals surface area (Å²) in [7, 11) is 0. The summed E-state index contributed by atoms with van der Waals surface area (Å²) in [4.78, 5) is 4.17. The minimum Gasteiger partial charge on any atom is -0.412 e. The smallest absolute Gasteiger partial charge is 0.101 e. The Morgan fingerprint density at radius 2 is 1.89 bits per heavy atom. The molecule has 0 aliphatic carbocycles. The molecule has 1 aromatic heterocycles. The van der Waals surface area contributed by atoms with E-state index in [-0.39, 0.29) is 5.48 Å². The first-order chi connectivity index (χ1) is 12.8. The number of rotatable bonds is 4. The highest BCUT2D eigenvalue weighted by Crippen LogP contribution is 2.28. The molecule has 1 atom stereocenters. The average molecular weight is 358 g/mol. The van der Waals surface area contributed by atoms with Crippen molar-refractivity contribution in [1.82, 2.24) is 15.4 Å². The minimum absolute atomic E-state index is 0. The zero-order valence-corrected chi connectivity index (χ0v) is 15.0. The predicted molar refractivity (Wildman–Crippen MR) is 105 cm³/mol. The standard InChI is InChI=1S/C22H20N4.H2O/c23-13-18-11-21(15-24-14-18)19-7-4-8-20(12-19)22-9-10-26(25-22)16-17-5-2-1-3-6-17;/h1-8,11-12,14-15,22,25H,9-10,16H2;1H2. The number of benzene rings is 2. The van der Waals surface area contributed by atoms with E-state index in [1.54, 1.807) is 6.20 Å². The molecule has 27 heavy (non-hydrogen) atoms. The molecule has 5 heteroatoms. The Hall–Kier alpha value is -3.04. The molecule has 3 N–H and O–H groups in total. The summed E-state index contributed by atoms with van der Waals surface area (Å²) in [5.74, 6) is 0. The second-order valence-corrected chi connectivity index (χ2v) is 6.58. The molecule has 0 amide bonds. The summed E-state index contributed by atoms with van der Waals surface area (Å²) in [6, 6.07) is 23.4. The number of aromatic nitrogens is 1. The maximum atomic E-state index is 9.08. The van der Waals surface area contributed by atoms with E-state index in [1.165, 1.54) is 11.1 Å². The fraction of sp³-hybridized carbons (Fsp3) is 0.182. The van der Waals surface area contributed by atoms with Crippen molar-refractivity contribution in [3.05, 3.63) is 89.7 Å². The van der Waals surface area contributed by atoms with Crippen LogP contribution in [0.1, 0.15) is 29.2 Å². The zero-order valence-electron chi connectivity index (χ0n) is 15.0. The highest BCUT2D eigenvalue weighted by Gasteiger charge is 2.23. The van der Waals surface area contributed by atoms with Gasteiger partial charge in [-0.2, -0.15) is 5.26 Å². The first-order valence-corrected chi connectivity index (χ1v) is 8.82. The third-order valence-corrected chi connectivity index (χ3v) is 4.73. The Balaban J connectivity index is 0.00000210. The third-order valence-electron chi connectivity index (χ3n) is 4.73. The lowest BCUT2D eigenvalue weighted by Crippen LogP contribution is -2.31. The number of hydrogen-bond acceptors (Lipinski definition) is 4. The Morgan fingerprint density at radius 3 is 2.70 bits per heavy atom. The molecule has 1 aliphatic rings. The van der Waals surface area contributed by atoms with Crippen LogP contribution in [0.3, 0.4) is 0 Å². The van der Waals surface area contributed by atoms with Crippen LogP contribution in [-0.4, -0.2) is 22.0 Å². The van der Waals surface area contributed by atoms with Crippen LogP contribution < -0.4 is 5.43 Å². The monoisotopic (exact) mass is 358 g/mol. The fourth-order valence-electron chi connectivity index (χ4n) is 3.40. The van der Waals surface area contributed by atoms with Gasteiger partial charge in [-0.25, -0.2) is 10.4 Å². The first kappa shape index (κ1) is 18.7. The van der Waals surface area contributed by atoms with Crippen molar-refractivity contribution in [3.8, 4) is 17.2 Å². The summed E-state index contributed by atoms with van der Waals surface area (Å²) in [5.41, 5.74) is 8.85. The minimum atomic E-state index is 0. The molecule has 1 unspecified atom stereocenters. The van der Waals surface area contributed by atoms with Crippen molar-refractivity contribution in [3.63, 3.8) is 0 Å². The lowest BCUT2D eigenvalue weighted by atomic mass is 9.99. The van der Waals surface area contributed by atoms with E-state index in [1.807, 2.05) is 18.3 Å². The quantitative estimate of drug-likeness (QED) is 0.776. The molecule has 2 aromatic carbocycles. The van der Waals surface area contributed by atoms with Gasteiger partial charge < -0.3 is 5.48 Å². The molecule has 4 rings (SSSR count). The summed E-state index contributed by atoms with van der Waals surface area (Å²) >= 11 is 0. The lowest BCUT2D eigenvalue weighted by Gasteiger charge is -2.18. The number of nitrogens with one attached hydrogen (secondary N) is 1. The number of hydrazine groups is 1. The predicted octanol–water partition coefficient (Wildman–Crippen LogP) is 3.25. The molecule has 0 saturated carbocycles. The van der Waals surface area contributed by atoms with Gasteiger partial charge in [-0.3, -0.25) is 4.98 Å². The van der Waals surface area contributed by atoms with Gasteiger partial charge in [-0.15, -0.1) is 0 Å².